The van der Waals surface area contributed by atoms with Gasteiger partial charge >= 0.3 is 0 Å². The Morgan fingerprint density at radius 2 is 2.35 bits per heavy atom. The molecule has 110 valence electrons. The van der Waals surface area contributed by atoms with E-state index in [9.17, 15) is 9.59 Å². The van der Waals surface area contributed by atoms with Gasteiger partial charge < -0.3 is 14.6 Å². The van der Waals surface area contributed by atoms with Crippen LogP contribution in [0.2, 0.25) is 0 Å². The summed E-state index contributed by atoms with van der Waals surface area (Å²) in [5.74, 6) is 0.313. The number of nitrogens with one attached hydrogen (secondary N) is 1. The Kier molecular flexibility index (Phi) is 4.82. The van der Waals surface area contributed by atoms with Crippen LogP contribution in [0, 0.1) is 5.92 Å². The van der Waals surface area contributed by atoms with E-state index in [-0.39, 0.29) is 11.8 Å². The number of hydrogen-bond acceptors (Lipinski definition) is 3. The Morgan fingerprint density at radius 1 is 1.55 bits per heavy atom. The van der Waals surface area contributed by atoms with Gasteiger partial charge in [-0.2, -0.15) is 0 Å². The highest BCUT2D eigenvalue weighted by Crippen LogP contribution is 2.19. The molecule has 2 atom stereocenters. The minimum atomic E-state index is -0.506. The summed E-state index contributed by atoms with van der Waals surface area (Å²) in [5.41, 5.74) is 0.440. The van der Waals surface area contributed by atoms with E-state index in [1.807, 2.05) is 4.90 Å². The van der Waals surface area contributed by atoms with E-state index in [1.54, 1.807) is 13.0 Å². The second-order valence-corrected chi connectivity index (χ2v) is 5.41. The van der Waals surface area contributed by atoms with Crippen molar-refractivity contribution >= 4 is 11.8 Å². The molecule has 0 saturated carbocycles. The first-order chi connectivity index (χ1) is 9.61. The summed E-state index contributed by atoms with van der Waals surface area (Å²) < 4.78 is 4.87. The standard InChI is InChI=1S/C15H22N2O3/c1-3-12-5-4-7-17(9-12)15(19)11(2)16-14(18)13-6-8-20-10-13/h6,8,10-12H,3-5,7,9H2,1-2H3,(H,16,18)/t11-,12+/m0/s1. The van der Waals surface area contributed by atoms with E-state index in [0.29, 0.717) is 11.5 Å². The van der Waals surface area contributed by atoms with Gasteiger partial charge in [0, 0.05) is 13.1 Å². The Morgan fingerprint density at radius 3 is 3.00 bits per heavy atom. The highest BCUT2D eigenvalue weighted by atomic mass is 16.3. The van der Waals surface area contributed by atoms with Gasteiger partial charge in [0.05, 0.1) is 11.8 Å². The van der Waals surface area contributed by atoms with E-state index in [2.05, 4.69) is 12.2 Å². The quantitative estimate of drug-likeness (QED) is 0.916. The summed E-state index contributed by atoms with van der Waals surface area (Å²) in [6.07, 6.45) is 6.15. The third-order valence-electron chi connectivity index (χ3n) is 3.91. The van der Waals surface area contributed by atoms with Crippen molar-refractivity contribution in [1.29, 1.82) is 0 Å². The molecule has 2 heterocycles. The van der Waals surface area contributed by atoms with Crippen LogP contribution in [0.15, 0.2) is 23.0 Å². The van der Waals surface area contributed by atoms with Gasteiger partial charge in [0.1, 0.15) is 12.3 Å². The van der Waals surface area contributed by atoms with Crippen LogP contribution in [0.5, 0.6) is 0 Å². The molecule has 0 aliphatic carbocycles. The molecule has 5 heteroatoms. The Labute approximate surface area is 119 Å². The van der Waals surface area contributed by atoms with E-state index < -0.39 is 6.04 Å². The second kappa shape index (κ2) is 6.59. The number of carbonyl (C=O) groups excluding carboxylic acids is 2. The largest absolute Gasteiger partial charge is 0.472 e. The first kappa shape index (κ1) is 14.6. The highest BCUT2D eigenvalue weighted by molar-refractivity contribution is 5.97. The van der Waals surface area contributed by atoms with Crippen LogP contribution in [-0.4, -0.2) is 35.8 Å². The molecular formula is C15H22N2O3. The maximum absolute atomic E-state index is 12.4. The van der Waals surface area contributed by atoms with E-state index in [0.717, 1.165) is 25.9 Å². The molecule has 0 radical (unpaired) electrons. The van der Waals surface area contributed by atoms with Gasteiger partial charge in [-0.15, -0.1) is 0 Å². The normalized spacial score (nSPS) is 20.5. The molecule has 1 fully saturated rings. The number of piperidine rings is 1. The van der Waals surface area contributed by atoms with E-state index in [1.165, 1.54) is 18.9 Å². The fraction of sp³-hybridized carbons (Fsp3) is 0.600. The molecule has 0 bridgehead atoms. The number of likely N-dealkylation sites (tertiary alicyclic amines) is 1. The topological polar surface area (TPSA) is 62.6 Å². The molecule has 1 aromatic heterocycles. The minimum absolute atomic E-state index is 0.00000472. The average Bonchev–Trinajstić information content (AvgIpc) is 3.00. The van der Waals surface area contributed by atoms with Crippen molar-refractivity contribution in [2.45, 2.75) is 39.2 Å². The second-order valence-electron chi connectivity index (χ2n) is 5.41. The molecule has 0 spiro atoms. The predicted octanol–water partition coefficient (Wildman–Crippen LogP) is 2.05. The molecule has 1 N–H and O–H groups in total. The minimum Gasteiger partial charge on any atom is -0.472 e. The van der Waals surface area contributed by atoms with Crippen molar-refractivity contribution in [2.24, 2.45) is 5.92 Å². The molecule has 1 saturated heterocycles. The Bertz CT molecular complexity index is 456. The summed E-state index contributed by atoms with van der Waals surface area (Å²) in [6.45, 7) is 5.49. The molecule has 20 heavy (non-hydrogen) atoms. The SMILES string of the molecule is CC[C@@H]1CCCN(C(=O)[C@H](C)NC(=O)c2ccoc2)C1. The van der Waals surface area contributed by atoms with Gasteiger partial charge in [-0.1, -0.05) is 13.3 Å². The van der Waals surface area contributed by atoms with Crippen LogP contribution < -0.4 is 5.32 Å². The molecule has 1 aliphatic heterocycles. The summed E-state index contributed by atoms with van der Waals surface area (Å²) in [6, 6.07) is 1.08. The molecule has 0 aromatic carbocycles. The number of rotatable bonds is 4. The number of amides is 2. The predicted molar refractivity (Wildman–Crippen MR) is 75.2 cm³/mol. The van der Waals surface area contributed by atoms with Crippen LogP contribution in [0.1, 0.15) is 43.5 Å². The summed E-state index contributed by atoms with van der Waals surface area (Å²) in [7, 11) is 0. The zero-order chi connectivity index (χ0) is 14.5. The zero-order valence-corrected chi connectivity index (χ0v) is 12.1. The van der Waals surface area contributed by atoms with Crippen molar-refractivity contribution in [2.75, 3.05) is 13.1 Å². The lowest BCUT2D eigenvalue weighted by Crippen LogP contribution is -2.49. The fourth-order valence-corrected chi connectivity index (χ4v) is 2.61. The first-order valence-corrected chi connectivity index (χ1v) is 7.23. The first-order valence-electron chi connectivity index (χ1n) is 7.23. The number of nitrogens with zero attached hydrogens (tertiary/aromatic N) is 1. The lowest BCUT2D eigenvalue weighted by molar-refractivity contribution is -0.134. The maximum Gasteiger partial charge on any atom is 0.255 e. The number of furan rings is 1. The summed E-state index contributed by atoms with van der Waals surface area (Å²) in [4.78, 5) is 26.1. The monoisotopic (exact) mass is 278 g/mol. The van der Waals surface area contributed by atoms with Gasteiger partial charge in [0.15, 0.2) is 0 Å². The van der Waals surface area contributed by atoms with Crippen molar-refractivity contribution in [3.63, 3.8) is 0 Å². The van der Waals surface area contributed by atoms with Gasteiger partial charge in [0.25, 0.3) is 5.91 Å². The maximum atomic E-state index is 12.4. The summed E-state index contributed by atoms with van der Waals surface area (Å²) >= 11 is 0. The number of hydrogen-bond donors (Lipinski definition) is 1. The zero-order valence-electron chi connectivity index (χ0n) is 12.1. The van der Waals surface area contributed by atoms with Crippen LogP contribution in [-0.2, 0) is 4.79 Å². The molecule has 1 aliphatic rings. The average molecular weight is 278 g/mol. The van der Waals surface area contributed by atoms with Crippen LogP contribution in [0.4, 0.5) is 0 Å². The third kappa shape index (κ3) is 3.40. The fourth-order valence-electron chi connectivity index (χ4n) is 2.61. The Balaban J connectivity index is 1.90. The smallest absolute Gasteiger partial charge is 0.255 e. The highest BCUT2D eigenvalue weighted by Gasteiger charge is 2.27. The van der Waals surface area contributed by atoms with Crippen molar-refractivity contribution in [3.05, 3.63) is 24.2 Å². The van der Waals surface area contributed by atoms with Gasteiger partial charge in [0.2, 0.25) is 5.91 Å². The number of carbonyl (C=O) groups is 2. The van der Waals surface area contributed by atoms with Gasteiger partial charge in [-0.25, -0.2) is 0 Å². The van der Waals surface area contributed by atoms with Crippen molar-refractivity contribution in [1.82, 2.24) is 10.2 Å². The third-order valence-corrected chi connectivity index (χ3v) is 3.91. The van der Waals surface area contributed by atoms with E-state index in [4.69, 9.17) is 4.42 Å². The molecule has 0 unspecified atom stereocenters. The van der Waals surface area contributed by atoms with Crippen LogP contribution in [0.3, 0.4) is 0 Å². The molecular weight excluding hydrogens is 256 g/mol. The van der Waals surface area contributed by atoms with Crippen LogP contribution in [0.25, 0.3) is 0 Å². The lowest BCUT2D eigenvalue weighted by Gasteiger charge is -2.34. The molecule has 2 amide bonds. The summed E-state index contributed by atoms with van der Waals surface area (Å²) in [5, 5.41) is 2.72. The van der Waals surface area contributed by atoms with Crippen LogP contribution >= 0.6 is 0 Å². The van der Waals surface area contributed by atoms with Gasteiger partial charge in [-0.05, 0) is 31.7 Å². The molecule has 5 nitrogen and oxygen atoms in total. The van der Waals surface area contributed by atoms with Gasteiger partial charge in [-0.3, -0.25) is 9.59 Å². The van der Waals surface area contributed by atoms with E-state index >= 15 is 0 Å². The molecule has 2 rings (SSSR count). The Hall–Kier alpha value is -1.78. The van der Waals surface area contributed by atoms with Crippen molar-refractivity contribution in [3.8, 4) is 0 Å². The van der Waals surface area contributed by atoms with Crippen molar-refractivity contribution < 1.29 is 14.0 Å². The lowest BCUT2D eigenvalue weighted by atomic mass is 9.95. The molecule has 1 aromatic rings.